The maximum absolute atomic E-state index is 13.3. The van der Waals surface area contributed by atoms with Crippen LogP contribution in [0.3, 0.4) is 0 Å². The van der Waals surface area contributed by atoms with Gasteiger partial charge in [0.05, 0.1) is 5.02 Å². The van der Waals surface area contributed by atoms with Gasteiger partial charge in [0.1, 0.15) is 17.0 Å². The van der Waals surface area contributed by atoms with E-state index < -0.39 is 40.0 Å². The molecule has 3 aromatic rings. The van der Waals surface area contributed by atoms with Crippen LogP contribution in [-0.4, -0.2) is 73.1 Å². The number of halogens is 1. The zero-order valence-electron chi connectivity index (χ0n) is 20.1. The second-order valence-electron chi connectivity index (χ2n) is 9.22. The smallest absolute Gasteiger partial charge is 0.325 e. The number of amides is 4. The maximum Gasteiger partial charge on any atom is 0.325 e. The molecule has 2 heterocycles. The summed E-state index contributed by atoms with van der Waals surface area (Å²) in [5, 5.41) is 4.81. The Morgan fingerprint density at radius 1 is 0.946 bits per heavy atom. The van der Waals surface area contributed by atoms with Crippen LogP contribution in [0, 0.1) is 0 Å². The topological polar surface area (TPSA) is 107 Å². The number of piperazine rings is 1. The number of urea groups is 1. The van der Waals surface area contributed by atoms with Crippen LogP contribution in [0.2, 0.25) is 5.02 Å². The number of fused-ring (bicyclic) bond motifs is 1. The molecule has 9 nitrogen and oxygen atoms in total. The van der Waals surface area contributed by atoms with E-state index in [9.17, 15) is 22.8 Å². The minimum absolute atomic E-state index is 0.0174. The molecule has 0 bridgehead atoms. The van der Waals surface area contributed by atoms with Crippen molar-refractivity contribution in [2.24, 2.45) is 0 Å². The molecule has 2 aliphatic rings. The number of benzene rings is 3. The fraction of sp³-hybridized carbons (Fsp3) is 0.269. The van der Waals surface area contributed by atoms with Crippen LogP contribution in [-0.2, 0) is 25.2 Å². The molecule has 192 valence electrons. The molecule has 3 aromatic carbocycles. The Labute approximate surface area is 219 Å². The zero-order chi connectivity index (χ0) is 26.4. The van der Waals surface area contributed by atoms with Gasteiger partial charge in [-0.1, -0.05) is 60.1 Å². The maximum atomic E-state index is 13.3. The van der Waals surface area contributed by atoms with E-state index >= 15 is 0 Å². The highest BCUT2D eigenvalue weighted by atomic mass is 35.5. The standard InChI is InChI=1S/C26H25ClN4O5S/c1-26(20-11-10-18-6-2-3-7-19(18)16-20)24(33)31(25(34)28-26)17-23(32)29-12-14-30(15-13-29)37(35,36)22-9-5-4-8-21(22)27/h2-11,16H,12-15,17H2,1H3,(H,28,34)/t26-/m0/s1. The quantitative estimate of drug-likeness (QED) is 0.501. The van der Waals surface area contributed by atoms with E-state index in [0.29, 0.717) is 5.56 Å². The first-order valence-electron chi connectivity index (χ1n) is 11.8. The predicted molar refractivity (Wildman–Crippen MR) is 138 cm³/mol. The lowest BCUT2D eigenvalue weighted by atomic mass is 9.90. The Bertz CT molecular complexity index is 1520. The largest absolute Gasteiger partial charge is 0.338 e. The van der Waals surface area contributed by atoms with Crippen LogP contribution in [0.1, 0.15) is 12.5 Å². The molecular formula is C26H25ClN4O5S. The van der Waals surface area contributed by atoms with Crippen LogP contribution in [0.15, 0.2) is 71.6 Å². The molecule has 2 aliphatic heterocycles. The van der Waals surface area contributed by atoms with Crippen molar-refractivity contribution in [2.45, 2.75) is 17.4 Å². The van der Waals surface area contributed by atoms with Gasteiger partial charge in [-0.3, -0.25) is 14.5 Å². The fourth-order valence-electron chi connectivity index (χ4n) is 4.74. The second kappa shape index (κ2) is 9.44. The molecule has 0 unspecified atom stereocenters. The first-order chi connectivity index (χ1) is 17.6. The Balaban J connectivity index is 1.26. The molecule has 11 heteroatoms. The highest BCUT2D eigenvalue weighted by molar-refractivity contribution is 7.89. The molecule has 1 atom stereocenters. The molecule has 0 aromatic heterocycles. The van der Waals surface area contributed by atoms with Crippen molar-refractivity contribution in [3.63, 3.8) is 0 Å². The van der Waals surface area contributed by atoms with E-state index in [1.807, 2.05) is 36.4 Å². The van der Waals surface area contributed by atoms with Crippen LogP contribution < -0.4 is 5.32 Å². The highest BCUT2D eigenvalue weighted by Crippen LogP contribution is 2.31. The van der Waals surface area contributed by atoms with Crippen molar-refractivity contribution in [3.8, 4) is 0 Å². The summed E-state index contributed by atoms with van der Waals surface area (Å²) in [6.07, 6.45) is 0. The van der Waals surface area contributed by atoms with Gasteiger partial charge in [-0.2, -0.15) is 4.31 Å². The summed E-state index contributed by atoms with van der Waals surface area (Å²) in [5.41, 5.74) is -0.679. The molecule has 5 rings (SSSR count). The number of imide groups is 1. The first kappa shape index (κ1) is 25.2. The predicted octanol–water partition coefficient (Wildman–Crippen LogP) is 2.79. The average Bonchev–Trinajstić information content (AvgIpc) is 3.12. The Morgan fingerprint density at radius 3 is 2.30 bits per heavy atom. The molecule has 0 spiro atoms. The van der Waals surface area contributed by atoms with Crippen LogP contribution in [0.25, 0.3) is 10.8 Å². The number of carbonyl (C=O) groups is 3. The summed E-state index contributed by atoms with van der Waals surface area (Å²) in [4.78, 5) is 41.5. The summed E-state index contributed by atoms with van der Waals surface area (Å²) < 4.78 is 27.2. The second-order valence-corrected chi connectivity index (χ2v) is 11.5. The van der Waals surface area contributed by atoms with E-state index in [2.05, 4.69) is 5.32 Å². The number of rotatable bonds is 5. The number of nitrogens with zero attached hydrogens (tertiary/aromatic N) is 3. The van der Waals surface area contributed by atoms with Gasteiger partial charge < -0.3 is 10.2 Å². The van der Waals surface area contributed by atoms with Crippen molar-refractivity contribution in [1.82, 2.24) is 19.4 Å². The lowest BCUT2D eigenvalue weighted by Crippen LogP contribution is -2.53. The van der Waals surface area contributed by atoms with Crippen LogP contribution in [0.4, 0.5) is 4.79 Å². The summed E-state index contributed by atoms with van der Waals surface area (Å²) in [7, 11) is -3.81. The van der Waals surface area contributed by atoms with Crippen molar-refractivity contribution >= 4 is 50.2 Å². The van der Waals surface area contributed by atoms with Crippen molar-refractivity contribution in [1.29, 1.82) is 0 Å². The third-order valence-electron chi connectivity index (χ3n) is 6.94. The summed E-state index contributed by atoms with van der Waals surface area (Å²) >= 11 is 6.08. The third kappa shape index (κ3) is 4.45. The van der Waals surface area contributed by atoms with Gasteiger partial charge in [0.15, 0.2) is 0 Å². The molecule has 2 saturated heterocycles. The van der Waals surface area contributed by atoms with E-state index in [0.717, 1.165) is 15.7 Å². The third-order valence-corrected chi connectivity index (χ3v) is 9.34. The normalized spacial score (nSPS) is 20.9. The van der Waals surface area contributed by atoms with Crippen molar-refractivity contribution in [2.75, 3.05) is 32.7 Å². The van der Waals surface area contributed by atoms with E-state index in [4.69, 9.17) is 11.6 Å². The number of sulfonamides is 1. The molecule has 37 heavy (non-hydrogen) atoms. The monoisotopic (exact) mass is 540 g/mol. The van der Waals surface area contributed by atoms with Crippen molar-refractivity contribution in [3.05, 3.63) is 77.3 Å². The first-order valence-corrected chi connectivity index (χ1v) is 13.6. The van der Waals surface area contributed by atoms with E-state index in [1.165, 1.54) is 21.3 Å². The lowest BCUT2D eigenvalue weighted by Gasteiger charge is -2.34. The summed E-state index contributed by atoms with van der Waals surface area (Å²) in [6, 6.07) is 18.8. The van der Waals surface area contributed by atoms with Gasteiger partial charge in [0.25, 0.3) is 5.91 Å². The average molecular weight is 541 g/mol. The number of hydrogen-bond donors (Lipinski definition) is 1. The minimum Gasteiger partial charge on any atom is -0.338 e. The molecule has 0 aliphatic carbocycles. The highest BCUT2D eigenvalue weighted by Gasteiger charge is 2.50. The molecule has 0 radical (unpaired) electrons. The SMILES string of the molecule is C[C@@]1(c2ccc3ccccc3c2)NC(=O)N(CC(=O)N2CCN(S(=O)(=O)c3ccccc3Cl)CC2)C1=O. The number of carbonyl (C=O) groups excluding carboxylic acids is 3. The van der Waals surface area contributed by atoms with Gasteiger partial charge >= 0.3 is 6.03 Å². The number of hydrogen-bond acceptors (Lipinski definition) is 5. The van der Waals surface area contributed by atoms with E-state index in [-0.39, 0.29) is 36.1 Å². The molecular weight excluding hydrogens is 516 g/mol. The van der Waals surface area contributed by atoms with E-state index in [1.54, 1.807) is 25.1 Å². The van der Waals surface area contributed by atoms with Gasteiger partial charge in [-0.25, -0.2) is 13.2 Å². The molecule has 0 saturated carbocycles. The zero-order valence-corrected chi connectivity index (χ0v) is 21.6. The van der Waals surface area contributed by atoms with Gasteiger partial charge in [0.2, 0.25) is 15.9 Å². The van der Waals surface area contributed by atoms with Crippen LogP contribution >= 0.6 is 11.6 Å². The number of nitrogens with one attached hydrogen (secondary N) is 1. The molecule has 1 N–H and O–H groups in total. The fourth-order valence-corrected chi connectivity index (χ4v) is 6.66. The minimum atomic E-state index is -3.81. The van der Waals surface area contributed by atoms with Gasteiger partial charge in [-0.05, 0) is 41.5 Å². The Kier molecular flexibility index (Phi) is 6.43. The van der Waals surface area contributed by atoms with Gasteiger partial charge in [0, 0.05) is 26.2 Å². The summed E-state index contributed by atoms with van der Waals surface area (Å²) in [6.45, 7) is 1.62. The van der Waals surface area contributed by atoms with Gasteiger partial charge in [-0.15, -0.1) is 0 Å². The Hall–Kier alpha value is -3.47. The van der Waals surface area contributed by atoms with Crippen LogP contribution in [0.5, 0.6) is 0 Å². The molecule has 2 fully saturated rings. The lowest BCUT2D eigenvalue weighted by molar-refractivity contribution is -0.139. The Morgan fingerprint density at radius 2 is 1.59 bits per heavy atom. The summed E-state index contributed by atoms with van der Waals surface area (Å²) in [5.74, 6) is -0.942. The molecule has 4 amide bonds. The van der Waals surface area contributed by atoms with Crippen molar-refractivity contribution < 1.29 is 22.8 Å².